The molecule has 2 aliphatic heterocycles. The summed E-state index contributed by atoms with van der Waals surface area (Å²) < 4.78 is 51.2. The van der Waals surface area contributed by atoms with E-state index in [0.29, 0.717) is 67.5 Å². The van der Waals surface area contributed by atoms with Crippen LogP contribution in [0.5, 0.6) is 0 Å². The third-order valence-electron chi connectivity index (χ3n) is 8.08. The van der Waals surface area contributed by atoms with Gasteiger partial charge in [0, 0.05) is 38.9 Å². The van der Waals surface area contributed by atoms with Gasteiger partial charge in [0.2, 0.25) is 11.7 Å². The molecule has 3 aromatic rings. The first-order chi connectivity index (χ1) is 22.7. The first-order valence-electron chi connectivity index (χ1n) is 15.7. The summed E-state index contributed by atoms with van der Waals surface area (Å²) in [6.45, 7) is 10.1. The number of ether oxygens (including phenoxy) is 2. The fraction of sp³-hybridized carbons (Fsp3) is 0.441. The predicted molar refractivity (Wildman–Crippen MR) is 171 cm³/mol. The molecule has 256 valence electrons. The number of nitrogens with zero attached hydrogens (tertiary/aromatic N) is 4. The standard InChI is InChI=1S/C34H39F3N6O5/c1-21(40-30(44)29-38-12-11-28(41-29)42-13-15-43(16-14-42)31(45)25-19-47-20-25)22-5-7-23(8-6-22)27-17-26(34(35,36)37)10-9-24(27)18-39-32(46)48-33(2,3)4/h5-12,17,21,25H,13-16,18-20H2,1-4H3,(H,39,46)(H,40,44)/t21-/m1/s1. The van der Waals surface area contributed by atoms with Crippen molar-refractivity contribution in [3.63, 3.8) is 0 Å². The molecule has 3 amide bonds. The summed E-state index contributed by atoms with van der Waals surface area (Å²) in [5, 5.41) is 5.49. The zero-order valence-corrected chi connectivity index (χ0v) is 27.3. The summed E-state index contributed by atoms with van der Waals surface area (Å²) in [6.07, 6.45) is -3.72. The maximum Gasteiger partial charge on any atom is 0.416 e. The number of alkyl carbamates (subject to hydrolysis) is 1. The highest BCUT2D eigenvalue weighted by Gasteiger charge is 2.33. The van der Waals surface area contributed by atoms with Crippen molar-refractivity contribution in [2.75, 3.05) is 44.3 Å². The number of amides is 3. The summed E-state index contributed by atoms with van der Waals surface area (Å²) >= 11 is 0. The van der Waals surface area contributed by atoms with Crippen LogP contribution < -0.4 is 15.5 Å². The number of anilines is 1. The SMILES string of the molecule is C[C@@H](NC(=O)c1nccc(N2CCN(C(=O)C3COC3)CC2)n1)c1ccc(-c2cc(C(F)(F)F)ccc2CNC(=O)OC(C)(C)C)cc1. The molecule has 0 radical (unpaired) electrons. The van der Waals surface area contributed by atoms with E-state index in [2.05, 4.69) is 20.6 Å². The van der Waals surface area contributed by atoms with E-state index in [1.165, 1.54) is 12.3 Å². The summed E-state index contributed by atoms with van der Waals surface area (Å²) in [5.74, 6) is 0.142. The second kappa shape index (κ2) is 14.2. The number of nitrogens with one attached hydrogen (secondary N) is 2. The summed E-state index contributed by atoms with van der Waals surface area (Å²) in [4.78, 5) is 50.3. The molecule has 11 nitrogen and oxygen atoms in total. The zero-order chi connectivity index (χ0) is 34.6. The van der Waals surface area contributed by atoms with Crippen LogP contribution in [0.3, 0.4) is 0 Å². The maximum atomic E-state index is 13.6. The highest BCUT2D eigenvalue weighted by atomic mass is 19.4. The first-order valence-corrected chi connectivity index (χ1v) is 15.7. The number of rotatable bonds is 8. The number of alkyl halides is 3. The van der Waals surface area contributed by atoms with Crippen LogP contribution in [0.15, 0.2) is 54.7 Å². The van der Waals surface area contributed by atoms with Crippen LogP contribution in [0.25, 0.3) is 11.1 Å². The van der Waals surface area contributed by atoms with E-state index in [1.54, 1.807) is 58.0 Å². The quantitative estimate of drug-likeness (QED) is 0.345. The van der Waals surface area contributed by atoms with Crippen molar-refractivity contribution in [2.24, 2.45) is 5.92 Å². The van der Waals surface area contributed by atoms with Gasteiger partial charge < -0.3 is 29.9 Å². The molecule has 0 bridgehead atoms. The van der Waals surface area contributed by atoms with Gasteiger partial charge >= 0.3 is 12.3 Å². The molecule has 1 atom stereocenters. The van der Waals surface area contributed by atoms with Gasteiger partial charge in [-0.2, -0.15) is 13.2 Å². The van der Waals surface area contributed by atoms with Crippen LogP contribution in [0.1, 0.15) is 61.0 Å². The van der Waals surface area contributed by atoms with E-state index in [9.17, 15) is 27.6 Å². The zero-order valence-electron chi connectivity index (χ0n) is 27.3. The Morgan fingerprint density at radius 3 is 2.29 bits per heavy atom. The molecule has 2 N–H and O–H groups in total. The van der Waals surface area contributed by atoms with Gasteiger partial charge in [-0.1, -0.05) is 30.3 Å². The molecule has 0 aliphatic carbocycles. The predicted octanol–water partition coefficient (Wildman–Crippen LogP) is 4.97. The van der Waals surface area contributed by atoms with E-state index >= 15 is 0 Å². The number of hydrogen-bond acceptors (Lipinski definition) is 8. The van der Waals surface area contributed by atoms with Gasteiger partial charge in [0.1, 0.15) is 11.4 Å². The minimum atomic E-state index is -4.55. The van der Waals surface area contributed by atoms with Crippen LogP contribution in [-0.4, -0.2) is 77.8 Å². The lowest BCUT2D eigenvalue weighted by Crippen LogP contribution is -2.53. The number of benzene rings is 2. The van der Waals surface area contributed by atoms with Crippen LogP contribution in [0.2, 0.25) is 0 Å². The lowest BCUT2D eigenvalue weighted by atomic mass is 9.95. The number of halogens is 3. The van der Waals surface area contributed by atoms with Crippen LogP contribution in [0.4, 0.5) is 23.8 Å². The Labute approximate surface area is 276 Å². The van der Waals surface area contributed by atoms with Crippen molar-refractivity contribution in [3.8, 4) is 11.1 Å². The highest BCUT2D eigenvalue weighted by Crippen LogP contribution is 2.34. The summed E-state index contributed by atoms with van der Waals surface area (Å²) in [6, 6.07) is 11.4. The van der Waals surface area contributed by atoms with Gasteiger partial charge in [0.25, 0.3) is 5.91 Å². The van der Waals surface area contributed by atoms with Gasteiger partial charge in [-0.05, 0) is 68.1 Å². The van der Waals surface area contributed by atoms with Crippen molar-refractivity contribution >= 4 is 23.7 Å². The lowest BCUT2D eigenvalue weighted by molar-refractivity contribution is -0.150. The Hall–Kier alpha value is -4.72. The molecule has 5 rings (SSSR count). The van der Waals surface area contributed by atoms with Crippen LogP contribution in [0, 0.1) is 5.92 Å². The van der Waals surface area contributed by atoms with E-state index in [-0.39, 0.29) is 24.2 Å². The molecule has 2 fully saturated rings. The number of carbonyl (C=O) groups excluding carboxylic acids is 3. The van der Waals surface area contributed by atoms with E-state index in [1.807, 2.05) is 9.80 Å². The monoisotopic (exact) mass is 668 g/mol. The Kier molecular flexibility index (Phi) is 10.2. The maximum absolute atomic E-state index is 13.6. The largest absolute Gasteiger partial charge is 0.444 e. The average molecular weight is 669 g/mol. The van der Waals surface area contributed by atoms with Crippen molar-refractivity contribution in [2.45, 2.75) is 52.1 Å². The molecule has 0 unspecified atom stereocenters. The topological polar surface area (TPSA) is 126 Å². The van der Waals surface area contributed by atoms with E-state index in [4.69, 9.17) is 9.47 Å². The Bertz CT molecular complexity index is 1630. The summed E-state index contributed by atoms with van der Waals surface area (Å²) in [5.41, 5.74) is 0.444. The smallest absolute Gasteiger partial charge is 0.416 e. The van der Waals surface area contributed by atoms with E-state index < -0.39 is 35.4 Å². The first kappa shape index (κ1) is 34.6. The molecule has 2 aromatic carbocycles. The molecule has 2 saturated heterocycles. The van der Waals surface area contributed by atoms with Gasteiger partial charge in [-0.15, -0.1) is 0 Å². The fourth-order valence-corrected chi connectivity index (χ4v) is 5.38. The molecule has 1 aromatic heterocycles. The molecule has 0 spiro atoms. The summed E-state index contributed by atoms with van der Waals surface area (Å²) in [7, 11) is 0. The Morgan fingerprint density at radius 1 is 1.00 bits per heavy atom. The van der Waals surface area contributed by atoms with Gasteiger partial charge in [-0.25, -0.2) is 14.8 Å². The van der Waals surface area contributed by atoms with Crippen molar-refractivity contribution < 1.29 is 37.0 Å². The molecule has 3 heterocycles. The molecular weight excluding hydrogens is 629 g/mol. The fourth-order valence-electron chi connectivity index (χ4n) is 5.38. The number of aromatic nitrogens is 2. The van der Waals surface area contributed by atoms with Gasteiger partial charge in [-0.3, -0.25) is 9.59 Å². The second-order valence-corrected chi connectivity index (χ2v) is 12.8. The Balaban J connectivity index is 1.23. The minimum absolute atomic E-state index is 0.00723. The average Bonchev–Trinajstić information content (AvgIpc) is 3.02. The Morgan fingerprint density at radius 2 is 1.69 bits per heavy atom. The highest BCUT2D eigenvalue weighted by molar-refractivity contribution is 5.91. The molecule has 2 aliphatic rings. The third-order valence-corrected chi connectivity index (χ3v) is 8.08. The normalized spacial score (nSPS) is 16.1. The third kappa shape index (κ3) is 8.59. The molecule has 14 heteroatoms. The molecule has 48 heavy (non-hydrogen) atoms. The van der Waals surface area contributed by atoms with E-state index in [0.717, 1.165) is 12.1 Å². The van der Waals surface area contributed by atoms with Gasteiger partial charge in [0.05, 0.1) is 30.7 Å². The van der Waals surface area contributed by atoms with Crippen LogP contribution >= 0.6 is 0 Å². The number of carbonyl (C=O) groups is 3. The van der Waals surface area contributed by atoms with Crippen molar-refractivity contribution in [1.82, 2.24) is 25.5 Å². The van der Waals surface area contributed by atoms with Crippen molar-refractivity contribution in [1.29, 1.82) is 0 Å². The number of piperazine rings is 1. The minimum Gasteiger partial charge on any atom is -0.444 e. The molecule has 0 saturated carbocycles. The number of hydrogen-bond donors (Lipinski definition) is 2. The molecular formula is C34H39F3N6O5. The lowest BCUT2D eigenvalue weighted by Gasteiger charge is -2.38. The van der Waals surface area contributed by atoms with Crippen LogP contribution in [-0.2, 0) is 27.0 Å². The van der Waals surface area contributed by atoms with Gasteiger partial charge in [0.15, 0.2) is 0 Å². The van der Waals surface area contributed by atoms with Crippen molar-refractivity contribution in [3.05, 3.63) is 77.2 Å². The second-order valence-electron chi connectivity index (χ2n) is 12.8.